The van der Waals surface area contributed by atoms with Crippen molar-refractivity contribution in [2.24, 2.45) is 0 Å². The molecule has 0 atom stereocenters. The van der Waals surface area contributed by atoms with Crippen LogP contribution in [0.5, 0.6) is 0 Å². The minimum Gasteiger partial charge on any atom is -0.348 e. The lowest BCUT2D eigenvalue weighted by atomic mass is 10.1. The van der Waals surface area contributed by atoms with Gasteiger partial charge >= 0.3 is 0 Å². The third-order valence-electron chi connectivity index (χ3n) is 5.58. The molecule has 0 unspecified atom stereocenters. The predicted molar refractivity (Wildman–Crippen MR) is 117 cm³/mol. The van der Waals surface area contributed by atoms with E-state index in [2.05, 4.69) is 44.6 Å². The largest absolute Gasteiger partial charge is 0.348 e. The molecule has 1 fully saturated rings. The maximum Gasteiger partial charge on any atom is 0.251 e. The van der Waals surface area contributed by atoms with Gasteiger partial charge in [-0.3, -0.25) is 9.69 Å². The second-order valence-corrected chi connectivity index (χ2v) is 7.98. The summed E-state index contributed by atoms with van der Waals surface area (Å²) in [4.78, 5) is 19.0. The van der Waals surface area contributed by atoms with Crippen molar-refractivity contribution in [2.45, 2.75) is 45.3 Å². The maximum absolute atomic E-state index is 12.5. The molecule has 30 heavy (non-hydrogen) atoms. The topological polar surface area (TPSA) is 63.1 Å². The smallest absolute Gasteiger partial charge is 0.251 e. The number of aromatic nitrogens is 3. The maximum atomic E-state index is 12.5. The van der Waals surface area contributed by atoms with Crippen LogP contribution in [0.2, 0.25) is 0 Å². The summed E-state index contributed by atoms with van der Waals surface area (Å²) in [7, 11) is 0. The molecule has 3 aromatic rings. The Morgan fingerprint density at radius 3 is 2.40 bits per heavy atom. The van der Waals surface area contributed by atoms with E-state index in [0.29, 0.717) is 18.7 Å². The van der Waals surface area contributed by atoms with E-state index in [0.717, 1.165) is 17.7 Å². The van der Waals surface area contributed by atoms with Crippen molar-refractivity contribution in [3.63, 3.8) is 0 Å². The quantitative estimate of drug-likeness (QED) is 0.654. The Morgan fingerprint density at radius 2 is 1.67 bits per heavy atom. The molecule has 1 saturated heterocycles. The third-order valence-corrected chi connectivity index (χ3v) is 5.58. The van der Waals surface area contributed by atoms with Crippen LogP contribution in [0.15, 0.2) is 61.2 Å². The van der Waals surface area contributed by atoms with Gasteiger partial charge in [-0.15, -0.1) is 0 Å². The zero-order chi connectivity index (χ0) is 20.6. The molecule has 6 nitrogen and oxygen atoms in total. The van der Waals surface area contributed by atoms with Gasteiger partial charge in [0, 0.05) is 18.7 Å². The lowest BCUT2D eigenvalue weighted by Gasteiger charge is -2.20. The summed E-state index contributed by atoms with van der Waals surface area (Å²) in [5.41, 5.74) is 4.20. The van der Waals surface area contributed by atoms with Crippen molar-refractivity contribution < 1.29 is 4.79 Å². The molecule has 0 aliphatic carbocycles. The predicted octanol–water partition coefficient (Wildman–Crippen LogP) is 3.63. The van der Waals surface area contributed by atoms with Gasteiger partial charge < -0.3 is 5.32 Å². The van der Waals surface area contributed by atoms with Crippen LogP contribution in [0.25, 0.3) is 0 Å². The lowest BCUT2D eigenvalue weighted by molar-refractivity contribution is 0.0951. The normalized spacial score (nSPS) is 14.9. The van der Waals surface area contributed by atoms with Gasteiger partial charge in [0.1, 0.15) is 12.7 Å². The molecule has 1 aliphatic heterocycles. The second-order valence-electron chi connectivity index (χ2n) is 7.98. The molecule has 1 amide bonds. The van der Waals surface area contributed by atoms with E-state index in [-0.39, 0.29) is 5.91 Å². The van der Waals surface area contributed by atoms with Crippen LogP contribution in [-0.4, -0.2) is 38.7 Å². The summed E-state index contributed by atoms with van der Waals surface area (Å²) >= 11 is 0. The van der Waals surface area contributed by atoms with Crippen LogP contribution in [-0.2, 0) is 19.6 Å². The summed E-state index contributed by atoms with van der Waals surface area (Å²) in [6.07, 6.45) is 8.50. The SMILES string of the molecule is O=C(NCc1cccc(CN2CCCCCC2)c1)c1ccc(Cn2cncn2)cc1. The van der Waals surface area contributed by atoms with Crippen LogP contribution in [0, 0.1) is 0 Å². The zero-order valence-electron chi connectivity index (χ0n) is 17.3. The first-order valence-corrected chi connectivity index (χ1v) is 10.8. The highest BCUT2D eigenvalue weighted by Gasteiger charge is 2.10. The van der Waals surface area contributed by atoms with Gasteiger partial charge in [0.2, 0.25) is 0 Å². The van der Waals surface area contributed by atoms with Gasteiger partial charge in [-0.1, -0.05) is 49.2 Å². The monoisotopic (exact) mass is 403 g/mol. The summed E-state index contributed by atoms with van der Waals surface area (Å²) in [5, 5.41) is 7.14. The van der Waals surface area contributed by atoms with Crippen LogP contribution in [0.3, 0.4) is 0 Å². The third kappa shape index (κ3) is 5.76. The molecule has 2 heterocycles. The number of carbonyl (C=O) groups is 1. The minimum absolute atomic E-state index is 0.0553. The Kier molecular flexibility index (Phi) is 6.87. The molecule has 1 N–H and O–H groups in total. The molecule has 2 aromatic carbocycles. The minimum atomic E-state index is -0.0553. The van der Waals surface area contributed by atoms with Crippen molar-refractivity contribution in [1.82, 2.24) is 25.0 Å². The van der Waals surface area contributed by atoms with E-state index in [9.17, 15) is 4.79 Å². The summed E-state index contributed by atoms with van der Waals surface area (Å²) in [5.74, 6) is -0.0553. The number of likely N-dealkylation sites (tertiary alicyclic amines) is 1. The zero-order valence-corrected chi connectivity index (χ0v) is 17.3. The average Bonchev–Trinajstić information content (AvgIpc) is 3.15. The van der Waals surface area contributed by atoms with Gasteiger partial charge in [0.15, 0.2) is 0 Å². The first kappa shape index (κ1) is 20.3. The molecule has 0 bridgehead atoms. The summed E-state index contributed by atoms with van der Waals surface area (Å²) < 4.78 is 1.76. The van der Waals surface area contributed by atoms with Crippen molar-refractivity contribution in [3.8, 4) is 0 Å². The van der Waals surface area contributed by atoms with Gasteiger partial charge in [0.25, 0.3) is 5.91 Å². The fourth-order valence-corrected chi connectivity index (χ4v) is 3.94. The lowest BCUT2D eigenvalue weighted by Crippen LogP contribution is -2.24. The van der Waals surface area contributed by atoms with Gasteiger partial charge in [-0.25, -0.2) is 9.67 Å². The first-order chi connectivity index (χ1) is 14.8. The number of hydrogen-bond acceptors (Lipinski definition) is 4. The molecule has 1 aromatic heterocycles. The van der Waals surface area contributed by atoms with E-state index < -0.39 is 0 Å². The van der Waals surface area contributed by atoms with Crippen molar-refractivity contribution in [3.05, 3.63) is 83.4 Å². The highest BCUT2D eigenvalue weighted by molar-refractivity contribution is 5.94. The van der Waals surface area contributed by atoms with Crippen LogP contribution >= 0.6 is 0 Å². The van der Waals surface area contributed by atoms with Crippen LogP contribution in [0.1, 0.15) is 52.7 Å². The molecular formula is C24H29N5O. The van der Waals surface area contributed by atoms with E-state index in [1.807, 2.05) is 24.3 Å². The van der Waals surface area contributed by atoms with Gasteiger partial charge in [-0.05, 0) is 54.8 Å². The van der Waals surface area contributed by atoms with Crippen LogP contribution in [0.4, 0.5) is 0 Å². The number of hydrogen-bond donors (Lipinski definition) is 1. The Hall–Kier alpha value is -2.99. The number of nitrogens with one attached hydrogen (secondary N) is 1. The van der Waals surface area contributed by atoms with Crippen molar-refractivity contribution in [1.29, 1.82) is 0 Å². The highest BCUT2D eigenvalue weighted by Crippen LogP contribution is 2.14. The fraction of sp³-hybridized carbons (Fsp3) is 0.375. The molecule has 4 rings (SSSR count). The average molecular weight is 404 g/mol. The summed E-state index contributed by atoms with van der Waals surface area (Å²) in [6, 6.07) is 16.2. The summed E-state index contributed by atoms with van der Waals surface area (Å²) in [6.45, 7) is 4.55. The number of carbonyl (C=O) groups excluding carboxylic acids is 1. The van der Waals surface area contributed by atoms with Crippen molar-refractivity contribution in [2.75, 3.05) is 13.1 Å². The second kappa shape index (κ2) is 10.2. The van der Waals surface area contributed by atoms with E-state index in [4.69, 9.17) is 0 Å². The fourth-order valence-electron chi connectivity index (χ4n) is 3.94. The Bertz CT molecular complexity index is 928. The molecule has 1 aliphatic rings. The highest BCUT2D eigenvalue weighted by atomic mass is 16.1. The Morgan fingerprint density at radius 1 is 0.900 bits per heavy atom. The molecule has 0 radical (unpaired) electrons. The molecule has 6 heteroatoms. The molecular weight excluding hydrogens is 374 g/mol. The standard InChI is InChI=1S/C24H29N5O/c30-24(23-10-8-20(9-11-23)17-29-19-25-18-27-29)26-15-21-6-5-7-22(14-21)16-28-12-3-1-2-4-13-28/h5-11,14,18-19H,1-4,12-13,15-17H2,(H,26,30). The number of nitrogens with zero attached hydrogens (tertiary/aromatic N) is 4. The van der Waals surface area contributed by atoms with Gasteiger partial charge in [-0.2, -0.15) is 5.10 Å². The van der Waals surface area contributed by atoms with E-state index in [1.165, 1.54) is 50.7 Å². The Labute approximate surface area is 177 Å². The van der Waals surface area contributed by atoms with Gasteiger partial charge in [0.05, 0.1) is 6.54 Å². The Balaban J connectivity index is 1.30. The van der Waals surface area contributed by atoms with Crippen molar-refractivity contribution >= 4 is 5.91 Å². The van der Waals surface area contributed by atoms with Crippen LogP contribution < -0.4 is 5.32 Å². The van der Waals surface area contributed by atoms with E-state index in [1.54, 1.807) is 11.0 Å². The molecule has 0 spiro atoms. The molecule has 0 saturated carbocycles. The number of amides is 1. The van der Waals surface area contributed by atoms with E-state index >= 15 is 0 Å². The molecule has 156 valence electrons. The number of benzene rings is 2. The first-order valence-electron chi connectivity index (χ1n) is 10.8. The number of rotatable bonds is 7.